The fourth-order valence-corrected chi connectivity index (χ4v) is 1.71. The first kappa shape index (κ1) is 8.56. The summed E-state index contributed by atoms with van der Waals surface area (Å²) in [5, 5.41) is 0.959. The van der Waals surface area contributed by atoms with E-state index in [0.717, 1.165) is 5.06 Å². The van der Waals surface area contributed by atoms with Crippen LogP contribution in [0.4, 0.5) is 0 Å². The summed E-state index contributed by atoms with van der Waals surface area (Å²) >= 11 is 1.66. The van der Waals surface area contributed by atoms with Crippen LogP contribution in [-0.2, 0) is 0 Å². The Balaban J connectivity index is 2.71. The van der Waals surface area contributed by atoms with Gasteiger partial charge in [0.15, 0.2) is 5.06 Å². The Morgan fingerprint density at radius 2 is 2.36 bits per heavy atom. The van der Waals surface area contributed by atoms with Gasteiger partial charge in [-0.25, -0.2) is 0 Å². The van der Waals surface area contributed by atoms with E-state index in [4.69, 9.17) is 10.5 Å². The van der Waals surface area contributed by atoms with Crippen LogP contribution in [0, 0.1) is 0 Å². The van der Waals surface area contributed by atoms with Crippen LogP contribution in [0.25, 0.3) is 0 Å². The van der Waals surface area contributed by atoms with Gasteiger partial charge in [0, 0.05) is 10.8 Å². The van der Waals surface area contributed by atoms with Gasteiger partial charge in [-0.05, 0) is 18.7 Å². The Bertz CT molecular complexity index is 222. The molecule has 1 aromatic heterocycles. The summed E-state index contributed by atoms with van der Waals surface area (Å²) in [7, 11) is 1.68. The van der Waals surface area contributed by atoms with Crippen LogP contribution in [0.5, 0.6) is 5.06 Å². The van der Waals surface area contributed by atoms with Crippen molar-refractivity contribution in [2.45, 2.75) is 12.8 Å². The zero-order valence-electron chi connectivity index (χ0n) is 6.83. The van der Waals surface area contributed by atoms with E-state index >= 15 is 0 Å². The number of ether oxygens (including phenoxy) is 1. The van der Waals surface area contributed by atoms with Gasteiger partial charge in [-0.15, -0.1) is 11.3 Å². The first-order chi connectivity index (χ1) is 5.27. The summed E-state index contributed by atoms with van der Waals surface area (Å²) in [6, 6.07) is 4.05. The van der Waals surface area contributed by atoms with E-state index in [0.29, 0.717) is 12.5 Å². The maximum atomic E-state index is 5.52. The molecule has 1 aromatic rings. The summed E-state index contributed by atoms with van der Waals surface area (Å²) in [6.07, 6.45) is 0. The van der Waals surface area contributed by atoms with Gasteiger partial charge in [0.25, 0.3) is 0 Å². The number of nitrogens with two attached hydrogens (primary N) is 1. The van der Waals surface area contributed by atoms with E-state index in [-0.39, 0.29) is 0 Å². The van der Waals surface area contributed by atoms with Crippen molar-refractivity contribution in [3.8, 4) is 5.06 Å². The lowest BCUT2D eigenvalue weighted by Gasteiger charge is -2.02. The van der Waals surface area contributed by atoms with Gasteiger partial charge >= 0.3 is 0 Å². The van der Waals surface area contributed by atoms with Crippen LogP contribution in [0.3, 0.4) is 0 Å². The average Bonchev–Trinajstić information content (AvgIpc) is 2.50. The van der Waals surface area contributed by atoms with Gasteiger partial charge in [0.1, 0.15) is 0 Å². The minimum atomic E-state index is 0.448. The van der Waals surface area contributed by atoms with Crippen LogP contribution in [0.1, 0.15) is 17.7 Å². The summed E-state index contributed by atoms with van der Waals surface area (Å²) in [6.45, 7) is 2.81. The predicted octanol–water partition coefficient (Wildman–Crippen LogP) is 1.82. The topological polar surface area (TPSA) is 35.2 Å². The second-order valence-electron chi connectivity index (χ2n) is 2.50. The van der Waals surface area contributed by atoms with Gasteiger partial charge in [0.2, 0.25) is 0 Å². The quantitative estimate of drug-likeness (QED) is 0.753. The summed E-state index contributed by atoms with van der Waals surface area (Å²) in [4.78, 5) is 1.30. The molecule has 0 bridgehead atoms. The monoisotopic (exact) mass is 171 g/mol. The molecule has 0 saturated carbocycles. The van der Waals surface area contributed by atoms with Crippen molar-refractivity contribution in [2.75, 3.05) is 13.7 Å². The van der Waals surface area contributed by atoms with Crippen molar-refractivity contribution in [1.29, 1.82) is 0 Å². The molecular weight excluding hydrogens is 158 g/mol. The van der Waals surface area contributed by atoms with Crippen LogP contribution >= 0.6 is 11.3 Å². The molecule has 0 spiro atoms. The second kappa shape index (κ2) is 3.74. The molecule has 0 amide bonds. The van der Waals surface area contributed by atoms with Crippen molar-refractivity contribution in [1.82, 2.24) is 0 Å². The Morgan fingerprint density at radius 1 is 1.64 bits per heavy atom. The molecule has 0 radical (unpaired) electrons. The first-order valence-corrected chi connectivity index (χ1v) is 4.43. The maximum absolute atomic E-state index is 5.52. The summed E-state index contributed by atoms with van der Waals surface area (Å²) < 4.78 is 5.07. The Kier molecular flexibility index (Phi) is 2.91. The third-order valence-electron chi connectivity index (χ3n) is 1.64. The highest BCUT2D eigenvalue weighted by atomic mass is 32.1. The third kappa shape index (κ3) is 1.94. The average molecular weight is 171 g/mol. The lowest BCUT2D eigenvalue weighted by Crippen LogP contribution is -2.06. The minimum Gasteiger partial charge on any atom is -0.487 e. The van der Waals surface area contributed by atoms with Gasteiger partial charge in [-0.2, -0.15) is 0 Å². The van der Waals surface area contributed by atoms with Gasteiger partial charge < -0.3 is 10.5 Å². The molecule has 1 rings (SSSR count). The molecule has 0 saturated heterocycles. The van der Waals surface area contributed by atoms with E-state index < -0.39 is 0 Å². The fraction of sp³-hybridized carbons (Fsp3) is 0.500. The van der Waals surface area contributed by atoms with Gasteiger partial charge in [-0.3, -0.25) is 0 Å². The Labute approximate surface area is 71.0 Å². The molecule has 0 aliphatic heterocycles. The van der Waals surface area contributed by atoms with Crippen molar-refractivity contribution >= 4 is 11.3 Å². The van der Waals surface area contributed by atoms with E-state index in [1.54, 1.807) is 18.4 Å². The molecule has 0 fully saturated rings. The lowest BCUT2D eigenvalue weighted by atomic mass is 10.1. The smallest absolute Gasteiger partial charge is 0.173 e. The number of hydrogen-bond donors (Lipinski definition) is 1. The number of thiophene rings is 1. The molecule has 3 heteroatoms. The maximum Gasteiger partial charge on any atom is 0.173 e. The molecule has 1 unspecified atom stereocenters. The Hall–Kier alpha value is -0.540. The molecule has 11 heavy (non-hydrogen) atoms. The third-order valence-corrected chi connectivity index (χ3v) is 2.92. The van der Waals surface area contributed by atoms with Crippen molar-refractivity contribution in [2.24, 2.45) is 5.73 Å². The van der Waals surface area contributed by atoms with Crippen LogP contribution in [0.15, 0.2) is 12.1 Å². The highest BCUT2D eigenvalue weighted by molar-refractivity contribution is 7.13. The van der Waals surface area contributed by atoms with E-state index in [2.05, 4.69) is 13.0 Å². The zero-order chi connectivity index (χ0) is 8.27. The molecule has 1 atom stereocenters. The molecule has 0 aliphatic rings. The lowest BCUT2D eigenvalue weighted by molar-refractivity contribution is 0.427. The molecule has 1 heterocycles. The molecular formula is C8H13NOS. The zero-order valence-corrected chi connectivity index (χ0v) is 7.65. The largest absolute Gasteiger partial charge is 0.487 e. The molecule has 62 valence electrons. The minimum absolute atomic E-state index is 0.448. The molecule has 0 aromatic carbocycles. The fourth-order valence-electron chi connectivity index (χ4n) is 0.825. The van der Waals surface area contributed by atoms with E-state index in [1.807, 2.05) is 6.07 Å². The van der Waals surface area contributed by atoms with Crippen molar-refractivity contribution in [3.63, 3.8) is 0 Å². The highest BCUT2D eigenvalue weighted by Gasteiger charge is 2.05. The Morgan fingerprint density at radius 3 is 2.82 bits per heavy atom. The van der Waals surface area contributed by atoms with E-state index in [9.17, 15) is 0 Å². The number of methoxy groups -OCH3 is 1. The normalized spacial score (nSPS) is 13.0. The number of hydrogen-bond acceptors (Lipinski definition) is 3. The van der Waals surface area contributed by atoms with Crippen molar-refractivity contribution in [3.05, 3.63) is 17.0 Å². The summed E-state index contributed by atoms with van der Waals surface area (Å²) in [5.74, 6) is 0.448. The van der Waals surface area contributed by atoms with Gasteiger partial charge in [0.05, 0.1) is 7.11 Å². The molecule has 2 nitrogen and oxygen atoms in total. The van der Waals surface area contributed by atoms with Crippen molar-refractivity contribution < 1.29 is 4.74 Å². The standard InChI is InChI=1S/C8H13NOS/c1-6(5-9)7-3-4-8(10-2)11-7/h3-4,6H,5,9H2,1-2H3. The molecule has 2 N–H and O–H groups in total. The van der Waals surface area contributed by atoms with Crippen LogP contribution in [-0.4, -0.2) is 13.7 Å². The number of rotatable bonds is 3. The molecule has 0 aliphatic carbocycles. The van der Waals surface area contributed by atoms with Crippen LogP contribution in [0.2, 0.25) is 0 Å². The van der Waals surface area contributed by atoms with Gasteiger partial charge in [-0.1, -0.05) is 6.92 Å². The summed E-state index contributed by atoms with van der Waals surface area (Å²) in [5.41, 5.74) is 5.52. The SMILES string of the molecule is COc1ccc(C(C)CN)s1. The predicted molar refractivity (Wildman–Crippen MR) is 48.3 cm³/mol. The highest BCUT2D eigenvalue weighted by Crippen LogP contribution is 2.28. The first-order valence-electron chi connectivity index (χ1n) is 3.61. The van der Waals surface area contributed by atoms with Crippen LogP contribution < -0.4 is 10.5 Å². The van der Waals surface area contributed by atoms with E-state index in [1.165, 1.54) is 4.88 Å². The second-order valence-corrected chi connectivity index (χ2v) is 3.58.